The van der Waals surface area contributed by atoms with Gasteiger partial charge in [0.15, 0.2) is 17.6 Å². The third kappa shape index (κ3) is 6.47. The minimum atomic E-state index is -0.897. The van der Waals surface area contributed by atoms with Crippen LogP contribution in [0.2, 0.25) is 0 Å². The highest BCUT2D eigenvalue weighted by atomic mass is 16.6. The summed E-state index contributed by atoms with van der Waals surface area (Å²) in [6, 6.07) is 21.0. The molecule has 7 rings (SSSR count). The predicted molar refractivity (Wildman–Crippen MR) is 194 cm³/mol. The Morgan fingerprint density at radius 1 is 0.941 bits per heavy atom. The summed E-state index contributed by atoms with van der Waals surface area (Å²) < 4.78 is 25.6. The van der Waals surface area contributed by atoms with Gasteiger partial charge in [0.25, 0.3) is 0 Å². The molecule has 0 saturated carbocycles. The maximum atomic E-state index is 10.7. The highest BCUT2D eigenvalue weighted by Crippen LogP contribution is 2.54. The number of rotatable bonds is 13. The Labute approximate surface area is 296 Å². The molecule has 0 saturated heterocycles. The third-order valence-electron chi connectivity index (χ3n) is 10.2. The van der Waals surface area contributed by atoms with Gasteiger partial charge in [0.1, 0.15) is 29.0 Å². The van der Waals surface area contributed by atoms with E-state index in [1.54, 1.807) is 18.2 Å². The second-order valence-electron chi connectivity index (χ2n) is 13.4. The van der Waals surface area contributed by atoms with Crippen LogP contribution < -0.4 is 24.8 Å². The molecule has 0 radical (unpaired) electrons. The summed E-state index contributed by atoms with van der Waals surface area (Å²) in [4.78, 5) is 3.27. The van der Waals surface area contributed by atoms with E-state index in [1.165, 1.54) is 12.7 Å². The molecule has 0 spiro atoms. The molecule has 2 aliphatic rings. The Kier molecular flexibility index (Phi) is 9.82. The number of aromatic hydroxyl groups is 2. The summed E-state index contributed by atoms with van der Waals surface area (Å²) in [6.07, 6.45) is 2.26. The van der Waals surface area contributed by atoms with Crippen molar-refractivity contribution in [2.45, 2.75) is 43.0 Å². The number of aliphatic hydroxyl groups is 2. The van der Waals surface area contributed by atoms with Crippen molar-refractivity contribution in [1.82, 2.24) is 15.6 Å². The van der Waals surface area contributed by atoms with Crippen molar-refractivity contribution in [3.63, 3.8) is 0 Å². The van der Waals surface area contributed by atoms with Gasteiger partial charge in [-0.05, 0) is 109 Å². The molecule has 51 heavy (non-hydrogen) atoms. The molecule has 11 heteroatoms. The van der Waals surface area contributed by atoms with E-state index in [4.69, 9.17) is 18.9 Å². The molecule has 7 N–H and O–H groups in total. The average Bonchev–Trinajstić information content (AvgIpc) is 3.61. The number of aromatic nitrogens is 1. The molecular weight excluding hydrogens is 650 g/mol. The number of likely N-dealkylation sites (N-methyl/N-ethyl adjacent to an activating group) is 1. The minimum absolute atomic E-state index is 0.00201. The number of ether oxygens (including phenoxy) is 4. The van der Waals surface area contributed by atoms with Gasteiger partial charge in [-0.2, -0.15) is 0 Å². The number of methoxy groups -OCH3 is 1. The maximum absolute atomic E-state index is 10.7. The molecular formula is C40H45N3O8. The van der Waals surface area contributed by atoms with Crippen LogP contribution in [0, 0.1) is 0 Å². The average molecular weight is 696 g/mol. The predicted octanol–water partition coefficient (Wildman–Crippen LogP) is 4.70. The van der Waals surface area contributed by atoms with E-state index in [2.05, 4.69) is 39.9 Å². The van der Waals surface area contributed by atoms with Gasteiger partial charge in [0.05, 0.1) is 27.1 Å². The van der Waals surface area contributed by atoms with Gasteiger partial charge in [-0.25, -0.2) is 0 Å². The van der Waals surface area contributed by atoms with E-state index >= 15 is 0 Å². The normalized spacial score (nSPS) is 19.3. The lowest BCUT2D eigenvalue weighted by Crippen LogP contribution is -2.54. The van der Waals surface area contributed by atoms with Crippen molar-refractivity contribution >= 4 is 10.9 Å². The van der Waals surface area contributed by atoms with Gasteiger partial charge in [0.2, 0.25) is 0 Å². The molecule has 11 nitrogen and oxygen atoms in total. The van der Waals surface area contributed by atoms with Crippen molar-refractivity contribution in [2.24, 2.45) is 0 Å². The first-order valence-corrected chi connectivity index (χ1v) is 17.2. The SMILES string of the molecule is CNCO[C@]1(CNC)Cc2c(cc(OC(CO)CO)c3c2C[C@@H](Cc2ccc4[nH]ccc4c2)c2cc(O)ccc2-3)O[C@@H]1c1ccc(O)c(OC)c1. The zero-order chi connectivity index (χ0) is 35.7. The van der Waals surface area contributed by atoms with Crippen LogP contribution in [0.1, 0.15) is 39.8 Å². The summed E-state index contributed by atoms with van der Waals surface area (Å²) >= 11 is 0. The first-order valence-electron chi connectivity index (χ1n) is 17.2. The molecule has 2 heterocycles. The second-order valence-corrected chi connectivity index (χ2v) is 13.4. The van der Waals surface area contributed by atoms with E-state index in [0.29, 0.717) is 36.6 Å². The van der Waals surface area contributed by atoms with Gasteiger partial charge in [-0.15, -0.1) is 0 Å². The van der Waals surface area contributed by atoms with Crippen LogP contribution in [-0.2, 0) is 24.0 Å². The Morgan fingerprint density at radius 3 is 2.55 bits per heavy atom. The fraction of sp³-hybridized carbons (Fsp3) is 0.350. The van der Waals surface area contributed by atoms with Crippen molar-refractivity contribution in [3.05, 3.63) is 101 Å². The van der Waals surface area contributed by atoms with Crippen LogP contribution in [0.15, 0.2) is 72.9 Å². The summed E-state index contributed by atoms with van der Waals surface area (Å²) in [5, 5.41) is 49.0. The molecule has 3 atom stereocenters. The number of hydrogen-bond acceptors (Lipinski definition) is 10. The number of fused-ring (bicyclic) bond motifs is 6. The Balaban J connectivity index is 1.42. The molecule has 1 aliphatic carbocycles. The lowest BCUT2D eigenvalue weighted by Gasteiger charge is -2.46. The van der Waals surface area contributed by atoms with Crippen LogP contribution in [-0.4, -0.2) is 84.8 Å². The van der Waals surface area contributed by atoms with E-state index < -0.39 is 17.8 Å². The fourth-order valence-electron chi connectivity index (χ4n) is 7.82. The standard InChI is InChI=1S/C40H45N3O8/c1-41-21-40(49-22-42-2)18-32-31-14-26(13-23-4-8-33-24(12-23)10-11-43-33)30-16-27(46)6-7-29(30)38(31)37(50-28(19-44)20-45)17-35(32)51-39(40)25-5-9-34(47)36(15-25)48-3/h4-12,15-17,26,28,39,41-47H,13-14,18-22H2,1-3H3/t26-,39-,40+/m1/s1. The number of phenolic OH excluding ortho intramolecular Hbond substituents is 2. The summed E-state index contributed by atoms with van der Waals surface area (Å²) in [5.41, 5.74) is 6.84. The van der Waals surface area contributed by atoms with E-state index in [0.717, 1.165) is 50.7 Å². The number of aliphatic hydroxyl groups excluding tert-OH is 2. The highest BCUT2D eigenvalue weighted by Gasteiger charge is 2.48. The fourth-order valence-corrected chi connectivity index (χ4v) is 7.82. The molecule has 268 valence electrons. The van der Waals surface area contributed by atoms with Crippen molar-refractivity contribution in [1.29, 1.82) is 0 Å². The second kappa shape index (κ2) is 14.5. The van der Waals surface area contributed by atoms with E-state index in [9.17, 15) is 20.4 Å². The number of H-pyrrole nitrogens is 1. The summed E-state index contributed by atoms with van der Waals surface area (Å²) in [7, 11) is 5.22. The Bertz CT molecular complexity index is 2030. The molecule has 0 bridgehead atoms. The highest BCUT2D eigenvalue weighted by molar-refractivity contribution is 5.83. The topological polar surface area (TPSA) is 158 Å². The van der Waals surface area contributed by atoms with Crippen LogP contribution >= 0.6 is 0 Å². The third-order valence-corrected chi connectivity index (χ3v) is 10.2. The quantitative estimate of drug-likeness (QED) is 0.0862. The van der Waals surface area contributed by atoms with E-state index in [1.807, 2.05) is 44.6 Å². The molecule has 0 fully saturated rings. The summed E-state index contributed by atoms with van der Waals surface area (Å²) in [5.74, 6) is 1.58. The zero-order valence-corrected chi connectivity index (χ0v) is 29.0. The number of nitrogens with one attached hydrogen (secondary N) is 3. The van der Waals surface area contributed by atoms with Gasteiger partial charge in [-0.3, -0.25) is 5.32 Å². The maximum Gasteiger partial charge on any atom is 0.160 e. The Hall–Kier alpha value is -4.78. The number of phenols is 2. The molecule has 0 unspecified atom stereocenters. The molecule has 4 aromatic carbocycles. The molecule has 5 aromatic rings. The van der Waals surface area contributed by atoms with Gasteiger partial charge in [-0.1, -0.05) is 18.2 Å². The number of hydrogen-bond donors (Lipinski definition) is 7. The van der Waals surface area contributed by atoms with Gasteiger partial charge < -0.3 is 49.7 Å². The monoisotopic (exact) mass is 695 g/mol. The van der Waals surface area contributed by atoms with Gasteiger partial charge >= 0.3 is 0 Å². The zero-order valence-electron chi connectivity index (χ0n) is 29.0. The Morgan fingerprint density at radius 2 is 1.78 bits per heavy atom. The molecule has 1 aliphatic heterocycles. The van der Waals surface area contributed by atoms with Crippen LogP contribution in [0.3, 0.4) is 0 Å². The summed E-state index contributed by atoms with van der Waals surface area (Å²) in [6.45, 7) is -0.0584. The van der Waals surface area contributed by atoms with Gasteiger partial charge in [0, 0.05) is 41.9 Å². The lowest BCUT2D eigenvalue weighted by molar-refractivity contribution is -0.127. The van der Waals surface area contributed by atoms with Crippen LogP contribution in [0.5, 0.6) is 28.7 Å². The van der Waals surface area contributed by atoms with E-state index in [-0.39, 0.29) is 37.4 Å². The minimum Gasteiger partial charge on any atom is -0.508 e. The van der Waals surface area contributed by atoms with Crippen molar-refractivity contribution in [2.75, 3.05) is 47.7 Å². The number of aromatic amines is 1. The van der Waals surface area contributed by atoms with Crippen molar-refractivity contribution < 1.29 is 39.4 Å². The molecule has 0 amide bonds. The first-order chi connectivity index (χ1) is 24.8. The largest absolute Gasteiger partial charge is 0.508 e. The van der Waals surface area contributed by atoms with Crippen LogP contribution in [0.25, 0.3) is 22.0 Å². The van der Waals surface area contributed by atoms with Crippen LogP contribution in [0.4, 0.5) is 0 Å². The smallest absolute Gasteiger partial charge is 0.160 e. The number of benzene rings is 4. The lowest BCUT2D eigenvalue weighted by atomic mass is 9.71. The first kappa shape index (κ1) is 34.7. The van der Waals surface area contributed by atoms with Crippen molar-refractivity contribution in [3.8, 4) is 39.9 Å². The molecule has 1 aromatic heterocycles.